The lowest BCUT2D eigenvalue weighted by molar-refractivity contribution is -0.0441. The minimum absolute atomic E-state index is 0.477. The van der Waals surface area contributed by atoms with Gasteiger partial charge in [-0.05, 0) is 24.7 Å². The van der Waals surface area contributed by atoms with Gasteiger partial charge in [0.1, 0.15) is 0 Å². The lowest BCUT2D eigenvalue weighted by Gasteiger charge is -2.36. The molecule has 0 aromatic rings. The number of ether oxygens (including phenoxy) is 1. The first-order valence-corrected chi connectivity index (χ1v) is 5.51. The maximum Gasteiger partial charge on any atom is 0.0930 e. The van der Waals surface area contributed by atoms with Crippen LogP contribution < -0.4 is 0 Å². The molecule has 0 radical (unpaired) electrons. The summed E-state index contributed by atoms with van der Waals surface area (Å²) in [6, 6.07) is 0. The highest BCUT2D eigenvalue weighted by molar-refractivity contribution is 4.92. The van der Waals surface area contributed by atoms with Gasteiger partial charge in [0.15, 0.2) is 0 Å². The number of aliphatic hydroxyl groups is 1. The van der Waals surface area contributed by atoms with Crippen LogP contribution >= 0.6 is 0 Å². The van der Waals surface area contributed by atoms with Crippen molar-refractivity contribution >= 4 is 0 Å². The second-order valence-electron chi connectivity index (χ2n) is 4.87. The van der Waals surface area contributed by atoms with Crippen molar-refractivity contribution in [2.75, 3.05) is 13.2 Å². The standard InChI is InChI=1S/C11H20O2/c1-9-3-2-4-10(7-9)11(12)5-6-13-8-11/h9-10,12H,2-8H2,1H3. The Morgan fingerprint density at radius 3 is 2.85 bits per heavy atom. The minimum atomic E-state index is -0.477. The molecule has 1 N–H and O–H groups in total. The fourth-order valence-electron chi connectivity index (χ4n) is 2.81. The monoisotopic (exact) mass is 184 g/mol. The second kappa shape index (κ2) is 3.58. The highest BCUT2D eigenvalue weighted by Crippen LogP contribution is 2.39. The Kier molecular flexibility index (Phi) is 2.61. The van der Waals surface area contributed by atoms with Crippen LogP contribution in [0.2, 0.25) is 0 Å². The predicted molar refractivity (Wildman–Crippen MR) is 51.5 cm³/mol. The van der Waals surface area contributed by atoms with E-state index in [1.54, 1.807) is 0 Å². The van der Waals surface area contributed by atoms with Crippen LogP contribution in [0.5, 0.6) is 0 Å². The van der Waals surface area contributed by atoms with Crippen LogP contribution in [0.1, 0.15) is 39.0 Å². The lowest BCUT2D eigenvalue weighted by Crippen LogP contribution is -2.40. The number of rotatable bonds is 1. The molecule has 1 saturated carbocycles. The molecule has 0 amide bonds. The van der Waals surface area contributed by atoms with Crippen LogP contribution in [0.15, 0.2) is 0 Å². The average Bonchev–Trinajstić information content (AvgIpc) is 2.54. The molecule has 1 saturated heterocycles. The Labute approximate surface area is 80.3 Å². The summed E-state index contributed by atoms with van der Waals surface area (Å²) < 4.78 is 5.30. The van der Waals surface area contributed by atoms with Gasteiger partial charge in [0.25, 0.3) is 0 Å². The second-order valence-corrected chi connectivity index (χ2v) is 4.87. The molecule has 1 aliphatic carbocycles. The van der Waals surface area contributed by atoms with Crippen molar-refractivity contribution in [2.45, 2.75) is 44.6 Å². The third-order valence-electron chi connectivity index (χ3n) is 3.73. The third kappa shape index (κ3) is 1.89. The first-order valence-electron chi connectivity index (χ1n) is 5.51. The number of hydrogen-bond donors (Lipinski definition) is 1. The zero-order valence-corrected chi connectivity index (χ0v) is 8.46. The Balaban J connectivity index is 1.98. The minimum Gasteiger partial charge on any atom is -0.387 e. The van der Waals surface area contributed by atoms with Crippen molar-refractivity contribution in [3.05, 3.63) is 0 Å². The molecule has 1 aliphatic heterocycles. The van der Waals surface area contributed by atoms with Gasteiger partial charge >= 0.3 is 0 Å². The van der Waals surface area contributed by atoms with Crippen molar-refractivity contribution in [1.82, 2.24) is 0 Å². The van der Waals surface area contributed by atoms with Crippen molar-refractivity contribution in [3.8, 4) is 0 Å². The van der Waals surface area contributed by atoms with Crippen molar-refractivity contribution < 1.29 is 9.84 Å². The molecule has 1 heterocycles. The molecule has 3 unspecified atom stereocenters. The van der Waals surface area contributed by atoms with Gasteiger partial charge in [-0.25, -0.2) is 0 Å². The molecule has 2 fully saturated rings. The van der Waals surface area contributed by atoms with Gasteiger partial charge in [0.2, 0.25) is 0 Å². The maximum atomic E-state index is 10.3. The Morgan fingerprint density at radius 1 is 1.38 bits per heavy atom. The summed E-state index contributed by atoms with van der Waals surface area (Å²) in [7, 11) is 0. The summed E-state index contributed by atoms with van der Waals surface area (Å²) in [6.45, 7) is 3.62. The highest BCUT2D eigenvalue weighted by atomic mass is 16.5. The average molecular weight is 184 g/mol. The van der Waals surface area contributed by atoms with Crippen LogP contribution in [-0.2, 0) is 4.74 Å². The fourth-order valence-corrected chi connectivity index (χ4v) is 2.81. The zero-order valence-electron chi connectivity index (χ0n) is 8.46. The molecule has 76 valence electrons. The van der Waals surface area contributed by atoms with E-state index in [1.165, 1.54) is 25.7 Å². The van der Waals surface area contributed by atoms with E-state index in [0.717, 1.165) is 18.9 Å². The fraction of sp³-hybridized carbons (Fsp3) is 1.00. The highest BCUT2D eigenvalue weighted by Gasteiger charge is 2.41. The summed E-state index contributed by atoms with van der Waals surface area (Å²) in [5.74, 6) is 1.29. The Hall–Kier alpha value is -0.0800. The normalized spacial score (nSPS) is 46.6. The van der Waals surface area contributed by atoms with E-state index in [9.17, 15) is 5.11 Å². The molecule has 0 bridgehead atoms. The van der Waals surface area contributed by atoms with E-state index in [-0.39, 0.29) is 0 Å². The van der Waals surface area contributed by atoms with Crippen LogP contribution in [0.25, 0.3) is 0 Å². The van der Waals surface area contributed by atoms with Gasteiger partial charge in [-0.1, -0.05) is 19.8 Å². The Bertz CT molecular complexity index is 173. The van der Waals surface area contributed by atoms with E-state index in [2.05, 4.69) is 6.92 Å². The molecule has 2 aliphatic rings. The van der Waals surface area contributed by atoms with Gasteiger partial charge in [-0.2, -0.15) is 0 Å². The van der Waals surface area contributed by atoms with Crippen molar-refractivity contribution in [2.24, 2.45) is 11.8 Å². The molecule has 13 heavy (non-hydrogen) atoms. The molecule has 2 heteroatoms. The summed E-state index contributed by atoms with van der Waals surface area (Å²) >= 11 is 0. The van der Waals surface area contributed by atoms with Gasteiger partial charge in [0, 0.05) is 13.0 Å². The molecule has 0 aromatic heterocycles. The van der Waals surface area contributed by atoms with E-state index >= 15 is 0 Å². The lowest BCUT2D eigenvalue weighted by atomic mass is 9.73. The first kappa shape index (κ1) is 9.47. The predicted octanol–water partition coefficient (Wildman–Crippen LogP) is 1.96. The van der Waals surface area contributed by atoms with Gasteiger partial charge in [0.05, 0.1) is 12.2 Å². The summed E-state index contributed by atoms with van der Waals surface area (Å²) in [5, 5.41) is 10.3. The SMILES string of the molecule is CC1CCCC(C2(O)CCOC2)C1. The van der Waals surface area contributed by atoms with Gasteiger partial charge in [-0.3, -0.25) is 0 Å². The summed E-state index contributed by atoms with van der Waals surface area (Å²) in [6.07, 6.45) is 5.87. The van der Waals surface area contributed by atoms with Crippen LogP contribution in [0, 0.1) is 11.8 Å². The van der Waals surface area contributed by atoms with Crippen LogP contribution in [0.3, 0.4) is 0 Å². The quantitative estimate of drug-likeness (QED) is 0.675. The summed E-state index contributed by atoms with van der Waals surface area (Å²) in [5.41, 5.74) is -0.477. The van der Waals surface area contributed by atoms with E-state index in [0.29, 0.717) is 12.5 Å². The van der Waals surface area contributed by atoms with Crippen LogP contribution in [-0.4, -0.2) is 23.9 Å². The zero-order chi connectivity index (χ0) is 9.31. The topological polar surface area (TPSA) is 29.5 Å². The first-order chi connectivity index (χ1) is 6.21. The largest absolute Gasteiger partial charge is 0.387 e. The van der Waals surface area contributed by atoms with E-state index in [1.807, 2.05) is 0 Å². The van der Waals surface area contributed by atoms with E-state index in [4.69, 9.17) is 4.74 Å². The maximum absolute atomic E-state index is 10.3. The molecular weight excluding hydrogens is 164 g/mol. The molecule has 0 aromatic carbocycles. The molecule has 0 spiro atoms. The molecule has 3 atom stereocenters. The summed E-state index contributed by atoms with van der Waals surface area (Å²) in [4.78, 5) is 0. The van der Waals surface area contributed by atoms with Gasteiger partial charge in [-0.15, -0.1) is 0 Å². The molecular formula is C11H20O2. The van der Waals surface area contributed by atoms with Crippen molar-refractivity contribution in [1.29, 1.82) is 0 Å². The molecule has 2 nitrogen and oxygen atoms in total. The third-order valence-corrected chi connectivity index (χ3v) is 3.73. The van der Waals surface area contributed by atoms with Gasteiger partial charge < -0.3 is 9.84 Å². The van der Waals surface area contributed by atoms with E-state index < -0.39 is 5.60 Å². The molecule has 2 rings (SSSR count). The Morgan fingerprint density at radius 2 is 2.23 bits per heavy atom. The van der Waals surface area contributed by atoms with Crippen LogP contribution in [0.4, 0.5) is 0 Å². The smallest absolute Gasteiger partial charge is 0.0930 e. The number of hydrogen-bond acceptors (Lipinski definition) is 2. The van der Waals surface area contributed by atoms with Crippen molar-refractivity contribution in [3.63, 3.8) is 0 Å².